The first kappa shape index (κ1) is 10.7. The smallest absolute Gasteiger partial charge is 0.0877 e. The Morgan fingerprint density at radius 2 is 2.20 bits per heavy atom. The first-order valence-corrected chi connectivity index (χ1v) is 5.42. The van der Waals surface area contributed by atoms with Crippen LogP contribution >= 0.6 is 0 Å². The maximum atomic E-state index is 5.57. The van der Waals surface area contributed by atoms with E-state index in [1.54, 1.807) is 0 Å². The predicted molar refractivity (Wildman–Crippen MR) is 58.3 cm³/mol. The average Bonchev–Trinajstić information content (AvgIpc) is 2.32. The summed E-state index contributed by atoms with van der Waals surface area (Å²) in [7, 11) is 0. The third kappa shape index (κ3) is 3.65. The molecule has 1 atom stereocenters. The summed E-state index contributed by atoms with van der Waals surface area (Å²) in [6.07, 6.45) is 5.45. The van der Waals surface area contributed by atoms with Gasteiger partial charge in [-0.2, -0.15) is 0 Å². The van der Waals surface area contributed by atoms with Crippen molar-refractivity contribution in [2.45, 2.75) is 25.6 Å². The van der Waals surface area contributed by atoms with Crippen molar-refractivity contribution in [3.05, 3.63) is 42.3 Å². The monoisotopic (exact) mass is 204 g/mol. The minimum Gasteiger partial charge on any atom is -0.375 e. The van der Waals surface area contributed by atoms with Gasteiger partial charge >= 0.3 is 0 Å². The molecule has 1 aromatic rings. The first-order chi connectivity index (χ1) is 7.45. The van der Waals surface area contributed by atoms with E-state index >= 15 is 0 Å². The first-order valence-electron chi connectivity index (χ1n) is 5.42. The second kappa shape index (κ2) is 5.89. The highest BCUT2D eigenvalue weighted by molar-refractivity contribution is 5.13. The largest absolute Gasteiger partial charge is 0.375 e. The van der Waals surface area contributed by atoms with Crippen LogP contribution in [0.3, 0.4) is 0 Å². The van der Waals surface area contributed by atoms with E-state index in [-0.39, 0.29) is 6.10 Å². The Bertz CT molecular complexity index is 265. The van der Waals surface area contributed by atoms with Gasteiger partial charge in [-0.3, -0.25) is 0 Å². The van der Waals surface area contributed by atoms with Gasteiger partial charge in [0.25, 0.3) is 0 Å². The molecule has 0 bridgehead atoms. The standard InChI is InChI=1S/C13H16O2/c1-2-6-12(7-3-1)10-14-11-13-8-4-5-9-15-13/h1-3,6-7,13H,4-5,9-11H2/t13-/m0/s1. The zero-order valence-electron chi connectivity index (χ0n) is 8.82. The van der Waals surface area contributed by atoms with E-state index < -0.39 is 0 Å². The van der Waals surface area contributed by atoms with Crippen LogP contribution in [-0.4, -0.2) is 19.3 Å². The van der Waals surface area contributed by atoms with Gasteiger partial charge in [0.15, 0.2) is 0 Å². The van der Waals surface area contributed by atoms with E-state index in [2.05, 4.69) is 18.6 Å². The SMILES string of the molecule is [C]1CCCO[C@@H]1COCc1ccccc1. The van der Waals surface area contributed by atoms with E-state index in [0.29, 0.717) is 13.2 Å². The molecule has 0 aliphatic carbocycles. The molecular weight excluding hydrogens is 188 g/mol. The average molecular weight is 204 g/mol. The molecule has 0 N–H and O–H groups in total. The summed E-state index contributed by atoms with van der Waals surface area (Å²) >= 11 is 0. The molecule has 1 saturated heterocycles. The lowest BCUT2D eigenvalue weighted by atomic mass is 10.1. The lowest BCUT2D eigenvalue weighted by molar-refractivity contribution is -0.0203. The van der Waals surface area contributed by atoms with Crippen LogP contribution in [0.2, 0.25) is 0 Å². The fourth-order valence-electron chi connectivity index (χ4n) is 1.58. The third-order valence-corrected chi connectivity index (χ3v) is 2.39. The van der Waals surface area contributed by atoms with Gasteiger partial charge in [-0.1, -0.05) is 30.3 Å². The summed E-state index contributed by atoms with van der Waals surface area (Å²) in [5.41, 5.74) is 1.20. The molecule has 80 valence electrons. The van der Waals surface area contributed by atoms with Crippen molar-refractivity contribution in [1.29, 1.82) is 0 Å². The number of ether oxygens (including phenoxy) is 2. The number of hydrogen-bond donors (Lipinski definition) is 0. The molecule has 1 aromatic carbocycles. The molecule has 0 amide bonds. The highest BCUT2D eigenvalue weighted by atomic mass is 16.5. The van der Waals surface area contributed by atoms with Crippen LogP contribution < -0.4 is 0 Å². The van der Waals surface area contributed by atoms with Crippen LogP contribution in [0.15, 0.2) is 30.3 Å². The van der Waals surface area contributed by atoms with Crippen LogP contribution in [0, 0.1) is 6.42 Å². The summed E-state index contributed by atoms with van der Waals surface area (Å²) in [6, 6.07) is 10.2. The molecule has 0 aromatic heterocycles. The van der Waals surface area contributed by atoms with Crippen molar-refractivity contribution < 1.29 is 9.47 Å². The maximum absolute atomic E-state index is 5.57. The minimum atomic E-state index is 0.0717. The molecule has 2 heteroatoms. The molecular formula is C13H16O2. The van der Waals surface area contributed by atoms with E-state index in [0.717, 1.165) is 19.4 Å². The molecule has 1 fully saturated rings. The van der Waals surface area contributed by atoms with Crippen molar-refractivity contribution in [2.24, 2.45) is 0 Å². The second-order valence-electron chi connectivity index (χ2n) is 3.67. The Labute approximate surface area is 91.2 Å². The molecule has 0 spiro atoms. The van der Waals surface area contributed by atoms with Crippen molar-refractivity contribution in [1.82, 2.24) is 0 Å². The van der Waals surface area contributed by atoms with E-state index in [9.17, 15) is 0 Å². The third-order valence-electron chi connectivity index (χ3n) is 2.39. The normalized spacial score (nSPS) is 21.5. The molecule has 1 aliphatic rings. The lowest BCUT2D eigenvalue weighted by Crippen LogP contribution is -2.24. The van der Waals surface area contributed by atoms with Crippen molar-refractivity contribution >= 4 is 0 Å². The fraction of sp³-hybridized carbons (Fsp3) is 0.462. The quantitative estimate of drug-likeness (QED) is 0.750. The number of benzene rings is 1. The van der Waals surface area contributed by atoms with Gasteiger partial charge in [-0.15, -0.1) is 0 Å². The summed E-state index contributed by atoms with van der Waals surface area (Å²) in [6.45, 7) is 2.11. The van der Waals surface area contributed by atoms with Crippen LogP contribution in [0.5, 0.6) is 0 Å². The zero-order chi connectivity index (χ0) is 10.3. The molecule has 1 heterocycles. The minimum absolute atomic E-state index is 0.0717. The Kier molecular flexibility index (Phi) is 4.18. The van der Waals surface area contributed by atoms with Crippen LogP contribution in [0.25, 0.3) is 0 Å². The Morgan fingerprint density at radius 3 is 2.93 bits per heavy atom. The van der Waals surface area contributed by atoms with Crippen molar-refractivity contribution in [3.63, 3.8) is 0 Å². The Hall–Kier alpha value is -0.860. The lowest BCUT2D eigenvalue weighted by Gasteiger charge is -2.21. The van der Waals surface area contributed by atoms with Gasteiger partial charge in [0.05, 0.1) is 19.3 Å². The van der Waals surface area contributed by atoms with Crippen LogP contribution in [0.4, 0.5) is 0 Å². The summed E-state index contributed by atoms with van der Waals surface area (Å²) in [5.74, 6) is 0. The van der Waals surface area contributed by atoms with E-state index in [1.165, 1.54) is 5.56 Å². The Morgan fingerprint density at radius 1 is 1.33 bits per heavy atom. The van der Waals surface area contributed by atoms with Gasteiger partial charge in [0.1, 0.15) is 0 Å². The highest BCUT2D eigenvalue weighted by Gasteiger charge is 2.14. The molecule has 2 radical (unpaired) electrons. The summed E-state index contributed by atoms with van der Waals surface area (Å²) < 4.78 is 11.1. The highest BCUT2D eigenvalue weighted by Crippen LogP contribution is 2.12. The van der Waals surface area contributed by atoms with Crippen molar-refractivity contribution in [2.75, 3.05) is 13.2 Å². The van der Waals surface area contributed by atoms with Gasteiger partial charge in [0, 0.05) is 13.0 Å². The van der Waals surface area contributed by atoms with Gasteiger partial charge in [-0.25, -0.2) is 0 Å². The number of hydrogen-bond acceptors (Lipinski definition) is 2. The molecule has 2 rings (SSSR count). The van der Waals surface area contributed by atoms with Crippen LogP contribution in [0.1, 0.15) is 18.4 Å². The van der Waals surface area contributed by atoms with Gasteiger partial charge in [0.2, 0.25) is 0 Å². The second-order valence-corrected chi connectivity index (χ2v) is 3.67. The summed E-state index contributed by atoms with van der Waals surface area (Å²) in [5, 5.41) is 0. The fourth-order valence-corrected chi connectivity index (χ4v) is 1.58. The van der Waals surface area contributed by atoms with Crippen LogP contribution in [-0.2, 0) is 16.1 Å². The van der Waals surface area contributed by atoms with Crippen molar-refractivity contribution in [3.8, 4) is 0 Å². The molecule has 0 unspecified atom stereocenters. The summed E-state index contributed by atoms with van der Waals surface area (Å²) in [4.78, 5) is 0. The van der Waals surface area contributed by atoms with E-state index in [4.69, 9.17) is 9.47 Å². The topological polar surface area (TPSA) is 18.5 Å². The molecule has 0 saturated carbocycles. The molecule has 2 nitrogen and oxygen atoms in total. The maximum Gasteiger partial charge on any atom is 0.0877 e. The van der Waals surface area contributed by atoms with E-state index in [1.807, 2.05) is 18.2 Å². The molecule has 1 aliphatic heterocycles. The zero-order valence-corrected chi connectivity index (χ0v) is 8.82. The predicted octanol–water partition coefficient (Wildman–Crippen LogP) is 2.46. The van der Waals surface area contributed by atoms with Gasteiger partial charge in [-0.05, 0) is 18.4 Å². The van der Waals surface area contributed by atoms with Gasteiger partial charge < -0.3 is 9.47 Å². The Balaban J connectivity index is 1.66. The molecule has 15 heavy (non-hydrogen) atoms. The number of rotatable bonds is 4.